The number of amides is 1. The zero-order chi connectivity index (χ0) is 13.0. The summed E-state index contributed by atoms with van der Waals surface area (Å²) in [6.45, 7) is 1.85. The van der Waals surface area contributed by atoms with Gasteiger partial charge in [0.1, 0.15) is 11.5 Å². The predicted molar refractivity (Wildman–Crippen MR) is 77.7 cm³/mol. The lowest BCUT2D eigenvalue weighted by Crippen LogP contribution is -2.18. The molecule has 1 heterocycles. The number of nitrogens with one attached hydrogen (secondary N) is 1. The Morgan fingerprint density at radius 3 is 2.78 bits per heavy atom. The first-order valence-electron chi connectivity index (χ1n) is 5.31. The number of carbonyl (C=O) groups is 1. The van der Waals surface area contributed by atoms with Crippen LogP contribution in [-0.4, -0.2) is 12.1 Å². The van der Waals surface area contributed by atoms with E-state index in [9.17, 15) is 4.79 Å². The van der Waals surface area contributed by atoms with Crippen LogP contribution >= 0.6 is 22.6 Å². The third-order valence-corrected chi connectivity index (χ3v) is 3.18. The van der Waals surface area contributed by atoms with Crippen LogP contribution in [0.25, 0.3) is 0 Å². The fourth-order valence-electron chi connectivity index (χ4n) is 1.38. The van der Waals surface area contributed by atoms with Crippen LogP contribution in [0.2, 0.25) is 0 Å². The Bertz CT molecular complexity index is 590. The highest BCUT2D eigenvalue weighted by molar-refractivity contribution is 14.1. The van der Waals surface area contributed by atoms with E-state index < -0.39 is 0 Å². The van der Waals surface area contributed by atoms with E-state index in [-0.39, 0.29) is 5.91 Å². The molecule has 1 aromatic carbocycles. The average molecular weight is 354 g/mol. The Labute approximate surface area is 118 Å². The molecular weight excluding hydrogens is 343 g/mol. The number of carbonyl (C=O) groups excluding carboxylic acids is 1. The molecule has 4 nitrogen and oxygen atoms in total. The Morgan fingerprint density at radius 1 is 1.33 bits per heavy atom. The molecule has 0 unspecified atom stereocenters. The minimum absolute atomic E-state index is 0.237. The summed E-state index contributed by atoms with van der Waals surface area (Å²) in [7, 11) is 0. The molecule has 0 saturated heterocycles. The first-order valence-corrected chi connectivity index (χ1v) is 6.39. The maximum absolute atomic E-state index is 11.8. The minimum Gasteiger partial charge on any atom is -0.460 e. The van der Waals surface area contributed by atoms with Crippen molar-refractivity contribution in [2.24, 2.45) is 5.10 Å². The van der Waals surface area contributed by atoms with Gasteiger partial charge in [-0.1, -0.05) is 12.1 Å². The van der Waals surface area contributed by atoms with Gasteiger partial charge in [0.15, 0.2) is 0 Å². The molecule has 0 fully saturated rings. The average Bonchev–Trinajstić information content (AvgIpc) is 2.75. The van der Waals surface area contributed by atoms with Gasteiger partial charge >= 0.3 is 0 Å². The summed E-state index contributed by atoms with van der Waals surface area (Å²) in [6.07, 6.45) is 1.47. The number of hydrazone groups is 1. The molecule has 1 amide bonds. The van der Waals surface area contributed by atoms with Crippen molar-refractivity contribution in [3.8, 4) is 0 Å². The van der Waals surface area contributed by atoms with E-state index in [1.165, 1.54) is 6.21 Å². The molecule has 0 radical (unpaired) electrons. The van der Waals surface area contributed by atoms with E-state index >= 15 is 0 Å². The van der Waals surface area contributed by atoms with Gasteiger partial charge in [-0.3, -0.25) is 4.79 Å². The van der Waals surface area contributed by atoms with Crippen molar-refractivity contribution in [3.63, 3.8) is 0 Å². The first-order chi connectivity index (χ1) is 8.66. The van der Waals surface area contributed by atoms with Crippen molar-refractivity contribution in [1.82, 2.24) is 5.43 Å². The largest absolute Gasteiger partial charge is 0.460 e. The van der Waals surface area contributed by atoms with E-state index in [0.29, 0.717) is 11.3 Å². The zero-order valence-corrected chi connectivity index (χ0v) is 11.8. The number of rotatable bonds is 3. The van der Waals surface area contributed by atoms with Crippen LogP contribution in [0, 0.1) is 10.5 Å². The molecule has 2 rings (SSSR count). The summed E-state index contributed by atoms with van der Waals surface area (Å²) in [5.74, 6) is 1.18. The first kappa shape index (κ1) is 12.8. The summed E-state index contributed by atoms with van der Waals surface area (Å²) in [5, 5.41) is 3.85. The molecule has 2 aromatic rings. The van der Waals surface area contributed by atoms with Crippen LogP contribution in [0.4, 0.5) is 0 Å². The molecule has 92 valence electrons. The Hall–Kier alpha value is -1.63. The summed E-state index contributed by atoms with van der Waals surface area (Å²) < 4.78 is 6.18. The molecule has 5 heteroatoms. The van der Waals surface area contributed by atoms with Crippen molar-refractivity contribution in [2.45, 2.75) is 6.92 Å². The smallest absolute Gasteiger partial charge is 0.272 e. The molecule has 0 bridgehead atoms. The van der Waals surface area contributed by atoms with Gasteiger partial charge in [-0.15, -0.1) is 0 Å². The second-order valence-corrected chi connectivity index (χ2v) is 4.79. The topological polar surface area (TPSA) is 54.6 Å². The van der Waals surface area contributed by atoms with E-state index in [2.05, 4.69) is 33.1 Å². The maximum Gasteiger partial charge on any atom is 0.272 e. The highest BCUT2D eigenvalue weighted by Crippen LogP contribution is 2.10. The lowest BCUT2D eigenvalue weighted by atomic mass is 10.2. The van der Waals surface area contributed by atoms with Gasteiger partial charge in [-0.05, 0) is 53.8 Å². The van der Waals surface area contributed by atoms with Crippen LogP contribution in [0.3, 0.4) is 0 Å². The van der Waals surface area contributed by atoms with Gasteiger partial charge in [0.05, 0.1) is 11.8 Å². The third kappa shape index (κ3) is 3.19. The zero-order valence-electron chi connectivity index (χ0n) is 9.68. The van der Waals surface area contributed by atoms with Gasteiger partial charge in [-0.25, -0.2) is 5.43 Å². The number of aryl methyl sites for hydroxylation is 1. The maximum atomic E-state index is 11.8. The highest BCUT2D eigenvalue weighted by atomic mass is 127. The van der Waals surface area contributed by atoms with Crippen molar-refractivity contribution < 1.29 is 9.21 Å². The van der Waals surface area contributed by atoms with Crippen LogP contribution in [0.1, 0.15) is 21.9 Å². The van der Waals surface area contributed by atoms with E-state index in [1.807, 2.05) is 31.2 Å². The van der Waals surface area contributed by atoms with Gasteiger partial charge in [0, 0.05) is 3.57 Å². The number of hydrogen-bond donors (Lipinski definition) is 1. The molecule has 1 aromatic heterocycles. The van der Waals surface area contributed by atoms with Crippen LogP contribution in [0.15, 0.2) is 45.9 Å². The second-order valence-electron chi connectivity index (χ2n) is 3.63. The molecule has 0 saturated carbocycles. The Balaban J connectivity index is 2.01. The SMILES string of the molecule is Cc1ccc(C=NNC(=O)c2ccccc2I)o1. The lowest BCUT2D eigenvalue weighted by molar-refractivity contribution is 0.0954. The number of furan rings is 1. The predicted octanol–water partition coefficient (Wildman–Crippen LogP) is 2.96. The van der Waals surface area contributed by atoms with Crippen LogP contribution in [0.5, 0.6) is 0 Å². The number of hydrogen-bond acceptors (Lipinski definition) is 3. The third-order valence-electron chi connectivity index (χ3n) is 2.24. The molecule has 0 atom stereocenters. The van der Waals surface area contributed by atoms with Gasteiger partial charge < -0.3 is 4.42 Å². The molecule has 0 aliphatic carbocycles. The lowest BCUT2D eigenvalue weighted by Gasteiger charge is -2.01. The monoisotopic (exact) mass is 354 g/mol. The fourth-order valence-corrected chi connectivity index (χ4v) is 2.02. The van der Waals surface area contributed by atoms with E-state index in [0.717, 1.165) is 9.33 Å². The minimum atomic E-state index is -0.237. The van der Waals surface area contributed by atoms with Gasteiger partial charge in [0.2, 0.25) is 0 Å². The van der Waals surface area contributed by atoms with Crippen molar-refractivity contribution in [2.75, 3.05) is 0 Å². The molecule has 0 aliphatic rings. The number of halogens is 1. The highest BCUT2D eigenvalue weighted by Gasteiger charge is 2.07. The fraction of sp³-hybridized carbons (Fsp3) is 0.0769. The normalized spacial score (nSPS) is 10.8. The van der Waals surface area contributed by atoms with Gasteiger partial charge in [0.25, 0.3) is 5.91 Å². The summed E-state index contributed by atoms with van der Waals surface area (Å²) >= 11 is 2.11. The van der Waals surface area contributed by atoms with Crippen LogP contribution < -0.4 is 5.43 Å². The molecule has 1 N–H and O–H groups in total. The number of benzene rings is 1. The molecule has 0 spiro atoms. The molecule has 18 heavy (non-hydrogen) atoms. The number of nitrogens with zero attached hydrogens (tertiary/aromatic N) is 1. The van der Waals surface area contributed by atoms with Crippen molar-refractivity contribution >= 4 is 34.7 Å². The van der Waals surface area contributed by atoms with Crippen molar-refractivity contribution in [1.29, 1.82) is 0 Å². The van der Waals surface area contributed by atoms with Crippen LogP contribution in [-0.2, 0) is 0 Å². The Kier molecular flexibility index (Phi) is 4.14. The summed E-state index contributed by atoms with van der Waals surface area (Å²) in [5.41, 5.74) is 3.07. The summed E-state index contributed by atoms with van der Waals surface area (Å²) in [6, 6.07) is 10.9. The van der Waals surface area contributed by atoms with Gasteiger partial charge in [-0.2, -0.15) is 5.10 Å². The molecule has 0 aliphatic heterocycles. The van der Waals surface area contributed by atoms with E-state index in [4.69, 9.17) is 4.42 Å². The molecular formula is C13H11IN2O2. The summed E-state index contributed by atoms with van der Waals surface area (Å²) in [4.78, 5) is 11.8. The standard InChI is InChI=1S/C13H11IN2O2/c1-9-6-7-10(18-9)8-15-16-13(17)11-4-2-3-5-12(11)14/h2-8H,1H3,(H,16,17). The van der Waals surface area contributed by atoms with Crippen molar-refractivity contribution in [3.05, 3.63) is 57.1 Å². The second kappa shape index (κ2) is 5.81. The van der Waals surface area contributed by atoms with E-state index in [1.54, 1.807) is 12.1 Å². The quantitative estimate of drug-likeness (QED) is 0.524. The Morgan fingerprint density at radius 2 is 2.11 bits per heavy atom.